The molecule has 0 heterocycles. The van der Waals surface area contributed by atoms with Crippen molar-refractivity contribution in [2.45, 2.75) is 44.4 Å². The number of likely N-dealkylation sites (N-methyl/N-ethyl adjacent to an activating group) is 1. The van der Waals surface area contributed by atoms with Gasteiger partial charge in [0, 0.05) is 31.7 Å². The average molecular weight is 415 g/mol. The SMILES string of the molecule is CCN(CCNC(=O)CCS(=O)(=O)c1ccc2c(c1)CCC2)c1cccc(C)c1. The lowest BCUT2D eigenvalue weighted by Gasteiger charge is -2.23. The monoisotopic (exact) mass is 414 g/mol. The van der Waals surface area contributed by atoms with Crippen molar-refractivity contribution in [3.63, 3.8) is 0 Å². The highest BCUT2D eigenvalue weighted by atomic mass is 32.2. The van der Waals surface area contributed by atoms with Crippen molar-refractivity contribution < 1.29 is 13.2 Å². The number of rotatable bonds is 9. The van der Waals surface area contributed by atoms with Gasteiger partial charge in [0.05, 0.1) is 10.6 Å². The second kappa shape index (κ2) is 9.44. The van der Waals surface area contributed by atoms with E-state index < -0.39 is 9.84 Å². The number of hydrogen-bond donors (Lipinski definition) is 1. The Bertz CT molecular complexity index is 970. The molecule has 0 saturated heterocycles. The van der Waals surface area contributed by atoms with Gasteiger partial charge < -0.3 is 10.2 Å². The molecule has 1 aliphatic rings. The fourth-order valence-electron chi connectivity index (χ4n) is 3.80. The molecule has 2 aromatic carbocycles. The topological polar surface area (TPSA) is 66.5 Å². The third-order valence-electron chi connectivity index (χ3n) is 5.48. The molecule has 3 rings (SSSR count). The van der Waals surface area contributed by atoms with Gasteiger partial charge in [0.2, 0.25) is 5.91 Å². The van der Waals surface area contributed by atoms with Crippen molar-refractivity contribution in [1.29, 1.82) is 0 Å². The maximum Gasteiger partial charge on any atom is 0.221 e. The predicted octanol–water partition coefficient (Wildman–Crippen LogP) is 3.29. The predicted molar refractivity (Wildman–Crippen MR) is 117 cm³/mol. The van der Waals surface area contributed by atoms with E-state index in [4.69, 9.17) is 0 Å². The lowest BCUT2D eigenvalue weighted by Crippen LogP contribution is -2.35. The molecule has 1 aliphatic carbocycles. The van der Waals surface area contributed by atoms with Gasteiger partial charge >= 0.3 is 0 Å². The minimum atomic E-state index is -3.44. The molecule has 0 fully saturated rings. The van der Waals surface area contributed by atoms with Crippen LogP contribution >= 0.6 is 0 Å². The van der Waals surface area contributed by atoms with Gasteiger partial charge in [0.1, 0.15) is 0 Å². The summed E-state index contributed by atoms with van der Waals surface area (Å²) >= 11 is 0. The van der Waals surface area contributed by atoms with Crippen LogP contribution < -0.4 is 10.2 Å². The van der Waals surface area contributed by atoms with Crippen molar-refractivity contribution in [1.82, 2.24) is 5.32 Å². The molecule has 156 valence electrons. The van der Waals surface area contributed by atoms with E-state index in [1.54, 1.807) is 12.1 Å². The molecule has 0 aliphatic heterocycles. The number of hydrogen-bond acceptors (Lipinski definition) is 4. The molecule has 2 aromatic rings. The van der Waals surface area contributed by atoms with E-state index in [1.807, 2.05) is 12.1 Å². The van der Waals surface area contributed by atoms with E-state index in [0.29, 0.717) is 18.0 Å². The first kappa shape index (κ1) is 21.4. The van der Waals surface area contributed by atoms with Crippen molar-refractivity contribution in [3.05, 3.63) is 59.2 Å². The van der Waals surface area contributed by atoms with Crippen LogP contribution in [0.15, 0.2) is 47.4 Å². The van der Waals surface area contributed by atoms with Crippen LogP contribution in [0, 0.1) is 6.92 Å². The number of sulfone groups is 1. The summed E-state index contributed by atoms with van der Waals surface area (Å²) < 4.78 is 25.2. The van der Waals surface area contributed by atoms with E-state index in [1.165, 1.54) is 11.1 Å². The Labute approximate surface area is 174 Å². The number of nitrogens with one attached hydrogen (secondary N) is 1. The minimum absolute atomic E-state index is 0.0179. The summed E-state index contributed by atoms with van der Waals surface area (Å²) in [6.07, 6.45) is 3.03. The largest absolute Gasteiger partial charge is 0.370 e. The van der Waals surface area contributed by atoms with Crippen LogP contribution in [0.2, 0.25) is 0 Å². The fourth-order valence-corrected chi connectivity index (χ4v) is 5.09. The molecule has 1 amide bonds. The van der Waals surface area contributed by atoms with Crippen LogP contribution in [0.3, 0.4) is 0 Å². The smallest absolute Gasteiger partial charge is 0.221 e. The maximum absolute atomic E-state index is 12.6. The van der Waals surface area contributed by atoms with Crippen molar-refractivity contribution in [2.24, 2.45) is 0 Å². The summed E-state index contributed by atoms with van der Waals surface area (Å²) in [4.78, 5) is 14.7. The molecule has 0 unspecified atom stereocenters. The average Bonchev–Trinajstić information content (AvgIpc) is 3.17. The van der Waals surface area contributed by atoms with Crippen LogP contribution in [-0.2, 0) is 27.5 Å². The van der Waals surface area contributed by atoms with Crippen LogP contribution in [0.5, 0.6) is 0 Å². The van der Waals surface area contributed by atoms with Gasteiger partial charge in [-0.1, -0.05) is 18.2 Å². The zero-order chi connectivity index (χ0) is 20.9. The molecule has 0 spiro atoms. The number of benzene rings is 2. The Kier molecular flexibility index (Phi) is 6.96. The second-order valence-electron chi connectivity index (χ2n) is 7.62. The molecule has 29 heavy (non-hydrogen) atoms. The highest BCUT2D eigenvalue weighted by Gasteiger charge is 2.19. The van der Waals surface area contributed by atoms with Gasteiger partial charge in [-0.2, -0.15) is 0 Å². The first-order valence-corrected chi connectivity index (χ1v) is 12.0. The maximum atomic E-state index is 12.6. The van der Waals surface area contributed by atoms with Crippen molar-refractivity contribution in [3.8, 4) is 0 Å². The molecular formula is C23H30N2O3S. The Balaban J connectivity index is 1.48. The molecule has 0 aromatic heterocycles. The van der Waals surface area contributed by atoms with Gasteiger partial charge in [-0.05, 0) is 74.1 Å². The van der Waals surface area contributed by atoms with Crippen molar-refractivity contribution >= 4 is 21.4 Å². The third kappa shape index (κ3) is 5.60. The number of nitrogens with zero attached hydrogens (tertiary/aromatic N) is 1. The summed E-state index contributed by atoms with van der Waals surface area (Å²) in [7, 11) is -3.44. The first-order chi connectivity index (χ1) is 13.9. The standard InChI is InChI=1S/C23H30N2O3S/c1-3-25(21-9-4-6-18(2)16-21)14-13-24-23(26)12-15-29(27,28)22-11-10-19-7-5-8-20(19)17-22/h4,6,9-11,16-17H,3,5,7-8,12-15H2,1-2H3,(H,24,26). The quantitative estimate of drug-likeness (QED) is 0.684. The number of carbonyl (C=O) groups excluding carboxylic acids is 1. The van der Waals surface area contributed by atoms with Crippen molar-refractivity contribution in [2.75, 3.05) is 30.3 Å². The number of anilines is 1. The number of amides is 1. The highest BCUT2D eigenvalue weighted by molar-refractivity contribution is 7.91. The molecule has 0 saturated carbocycles. The lowest BCUT2D eigenvalue weighted by molar-refractivity contribution is -0.120. The van der Waals surface area contributed by atoms with Gasteiger partial charge in [-0.15, -0.1) is 0 Å². The van der Waals surface area contributed by atoms with E-state index in [-0.39, 0.29) is 18.1 Å². The van der Waals surface area contributed by atoms with E-state index in [2.05, 4.69) is 42.3 Å². The van der Waals surface area contributed by atoms with Gasteiger partial charge in [-0.25, -0.2) is 8.42 Å². The molecule has 5 nitrogen and oxygen atoms in total. The Morgan fingerprint density at radius 3 is 2.66 bits per heavy atom. The van der Waals surface area contributed by atoms with Crippen LogP contribution in [0.1, 0.15) is 36.5 Å². The number of aryl methyl sites for hydroxylation is 3. The molecule has 6 heteroatoms. The Morgan fingerprint density at radius 1 is 1.10 bits per heavy atom. The number of fused-ring (bicyclic) bond motifs is 1. The normalized spacial score (nSPS) is 13.2. The zero-order valence-corrected chi connectivity index (χ0v) is 18.1. The third-order valence-corrected chi connectivity index (χ3v) is 7.19. The van der Waals surface area contributed by atoms with E-state index in [0.717, 1.165) is 37.1 Å². The molecule has 0 atom stereocenters. The highest BCUT2D eigenvalue weighted by Crippen LogP contribution is 2.25. The number of carbonyl (C=O) groups is 1. The summed E-state index contributed by atoms with van der Waals surface area (Å²) in [5.41, 5.74) is 4.70. The minimum Gasteiger partial charge on any atom is -0.370 e. The van der Waals surface area contributed by atoms with Gasteiger partial charge in [-0.3, -0.25) is 4.79 Å². The first-order valence-electron chi connectivity index (χ1n) is 10.3. The van der Waals surface area contributed by atoms with E-state index in [9.17, 15) is 13.2 Å². The van der Waals surface area contributed by atoms with E-state index >= 15 is 0 Å². The molecule has 0 radical (unpaired) electrons. The van der Waals surface area contributed by atoms with Crippen LogP contribution in [-0.4, -0.2) is 39.7 Å². The Hall–Kier alpha value is -2.34. The molecular weight excluding hydrogens is 384 g/mol. The van der Waals surface area contributed by atoms with Crippen LogP contribution in [0.4, 0.5) is 5.69 Å². The molecule has 0 bridgehead atoms. The van der Waals surface area contributed by atoms with Gasteiger partial charge in [0.15, 0.2) is 9.84 Å². The van der Waals surface area contributed by atoms with Gasteiger partial charge in [0.25, 0.3) is 0 Å². The fraction of sp³-hybridized carbons (Fsp3) is 0.435. The summed E-state index contributed by atoms with van der Waals surface area (Å²) in [6.45, 7) is 6.14. The lowest BCUT2D eigenvalue weighted by atomic mass is 10.1. The summed E-state index contributed by atoms with van der Waals surface area (Å²) in [5, 5.41) is 2.85. The zero-order valence-electron chi connectivity index (χ0n) is 17.3. The van der Waals surface area contributed by atoms with Crippen LogP contribution in [0.25, 0.3) is 0 Å². The second-order valence-corrected chi connectivity index (χ2v) is 9.73. The summed E-state index contributed by atoms with van der Waals surface area (Å²) in [6, 6.07) is 13.6. The Morgan fingerprint density at radius 2 is 1.90 bits per heavy atom. The summed E-state index contributed by atoms with van der Waals surface area (Å²) in [5.74, 6) is -0.387. The molecule has 1 N–H and O–H groups in total.